The zero-order valence-corrected chi connectivity index (χ0v) is 15.5. The Morgan fingerprint density at radius 2 is 2.07 bits per heavy atom. The molecule has 9 heteroatoms. The number of non-ortho nitro benzene ring substituents is 1. The standard InChI is InChI=1S/C20H17N3O6/c1-13-6-7-21-22(13)17-4-2-14(3-5-17)20(24)28-11-16-9-18(23(25)26)8-15-10-27-12-29-19(15)16/h2-9H,10-12H2,1H3. The molecule has 0 saturated carbocycles. The van der Waals surface area contributed by atoms with Crippen LogP contribution in [-0.2, 0) is 22.7 Å². The van der Waals surface area contributed by atoms with Crippen molar-refractivity contribution < 1.29 is 23.9 Å². The first kappa shape index (κ1) is 18.6. The molecule has 0 spiro atoms. The summed E-state index contributed by atoms with van der Waals surface area (Å²) in [7, 11) is 0. The van der Waals surface area contributed by atoms with Crippen molar-refractivity contribution in [3.05, 3.63) is 81.2 Å². The number of rotatable bonds is 5. The van der Waals surface area contributed by atoms with E-state index in [4.69, 9.17) is 14.2 Å². The van der Waals surface area contributed by atoms with E-state index in [2.05, 4.69) is 5.10 Å². The quantitative estimate of drug-likeness (QED) is 0.371. The Hall–Kier alpha value is -3.72. The van der Waals surface area contributed by atoms with E-state index in [0.29, 0.717) is 22.4 Å². The first-order chi connectivity index (χ1) is 14.0. The van der Waals surface area contributed by atoms with Crippen LogP contribution in [0, 0.1) is 17.0 Å². The number of hydrogen-bond acceptors (Lipinski definition) is 7. The number of carbonyl (C=O) groups is 1. The van der Waals surface area contributed by atoms with E-state index in [9.17, 15) is 14.9 Å². The summed E-state index contributed by atoms with van der Waals surface area (Å²) in [6, 6.07) is 11.5. The Kier molecular flexibility index (Phi) is 4.96. The van der Waals surface area contributed by atoms with Crippen LogP contribution in [0.3, 0.4) is 0 Å². The van der Waals surface area contributed by atoms with Crippen LogP contribution in [0.25, 0.3) is 5.69 Å². The second-order valence-corrected chi connectivity index (χ2v) is 6.47. The molecule has 148 valence electrons. The fourth-order valence-electron chi connectivity index (χ4n) is 3.10. The Labute approximate surface area is 165 Å². The zero-order valence-electron chi connectivity index (χ0n) is 15.5. The Balaban J connectivity index is 1.50. The summed E-state index contributed by atoms with van der Waals surface area (Å²) in [5.41, 5.74) is 3.03. The summed E-state index contributed by atoms with van der Waals surface area (Å²) >= 11 is 0. The van der Waals surface area contributed by atoms with Gasteiger partial charge in [0.05, 0.1) is 22.8 Å². The van der Waals surface area contributed by atoms with Gasteiger partial charge in [0.25, 0.3) is 5.69 Å². The lowest BCUT2D eigenvalue weighted by atomic mass is 10.1. The number of ether oxygens (including phenoxy) is 3. The van der Waals surface area contributed by atoms with E-state index in [1.54, 1.807) is 35.1 Å². The second kappa shape index (κ2) is 7.72. The molecule has 4 rings (SSSR count). The first-order valence-corrected chi connectivity index (χ1v) is 8.82. The highest BCUT2D eigenvalue weighted by Gasteiger charge is 2.22. The van der Waals surface area contributed by atoms with Gasteiger partial charge in [-0.2, -0.15) is 5.10 Å². The highest BCUT2D eigenvalue weighted by molar-refractivity contribution is 5.89. The fourth-order valence-corrected chi connectivity index (χ4v) is 3.10. The van der Waals surface area contributed by atoms with Crippen LogP contribution in [0.4, 0.5) is 5.69 Å². The first-order valence-electron chi connectivity index (χ1n) is 8.82. The third kappa shape index (κ3) is 3.81. The van der Waals surface area contributed by atoms with Gasteiger partial charge in [0.2, 0.25) is 0 Å². The van der Waals surface area contributed by atoms with Gasteiger partial charge < -0.3 is 14.2 Å². The highest BCUT2D eigenvalue weighted by Crippen LogP contribution is 2.33. The molecule has 1 aromatic heterocycles. The molecule has 0 radical (unpaired) electrons. The van der Waals surface area contributed by atoms with E-state index in [-0.39, 0.29) is 25.7 Å². The maximum absolute atomic E-state index is 12.4. The van der Waals surface area contributed by atoms with Crippen molar-refractivity contribution >= 4 is 11.7 Å². The van der Waals surface area contributed by atoms with E-state index >= 15 is 0 Å². The molecule has 0 amide bonds. The van der Waals surface area contributed by atoms with Crippen molar-refractivity contribution in [2.75, 3.05) is 6.79 Å². The number of nitrogens with zero attached hydrogens (tertiary/aromatic N) is 3. The molecule has 29 heavy (non-hydrogen) atoms. The predicted molar refractivity (Wildman–Crippen MR) is 101 cm³/mol. The topological polar surface area (TPSA) is 106 Å². The predicted octanol–water partition coefficient (Wildman–Crippen LogP) is 3.31. The van der Waals surface area contributed by atoms with Gasteiger partial charge in [0.15, 0.2) is 6.79 Å². The molecule has 2 aromatic carbocycles. The number of hydrogen-bond donors (Lipinski definition) is 0. The van der Waals surface area contributed by atoms with Crippen LogP contribution >= 0.6 is 0 Å². The molecular weight excluding hydrogens is 378 g/mol. The van der Waals surface area contributed by atoms with Gasteiger partial charge in [-0.1, -0.05) is 0 Å². The molecule has 0 unspecified atom stereocenters. The van der Waals surface area contributed by atoms with Crippen molar-refractivity contribution in [2.24, 2.45) is 0 Å². The highest BCUT2D eigenvalue weighted by atomic mass is 16.7. The van der Waals surface area contributed by atoms with Crippen molar-refractivity contribution in [3.63, 3.8) is 0 Å². The van der Waals surface area contributed by atoms with Gasteiger partial charge in [0, 0.05) is 35.2 Å². The van der Waals surface area contributed by atoms with E-state index < -0.39 is 10.9 Å². The third-order valence-corrected chi connectivity index (χ3v) is 4.52. The Morgan fingerprint density at radius 1 is 1.28 bits per heavy atom. The zero-order chi connectivity index (χ0) is 20.4. The number of nitro benzene ring substituents is 1. The summed E-state index contributed by atoms with van der Waals surface area (Å²) in [6.45, 7) is 2.03. The van der Waals surface area contributed by atoms with Crippen molar-refractivity contribution in [1.29, 1.82) is 0 Å². The number of esters is 1. The molecule has 9 nitrogen and oxygen atoms in total. The van der Waals surface area contributed by atoms with Gasteiger partial charge in [0.1, 0.15) is 12.4 Å². The molecule has 0 N–H and O–H groups in total. The number of aromatic nitrogens is 2. The molecule has 2 heterocycles. The maximum atomic E-state index is 12.4. The Bertz CT molecular complexity index is 1070. The van der Waals surface area contributed by atoms with Crippen LogP contribution in [0.1, 0.15) is 27.2 Å². The molecule has 0 atom stereocenters. The molecule has 0 aliphatic carbocycles. The molecule has 0 saturated heterocycles. The fraction of sp³-hybridized carbons (Fsp3) is 0.200. The van der Waals surface area contributed by atoms with Crippen LogP contribution in [-0.4, -0.2) is 27.5 Å². The number of fused-ring (bicyclic) bond motifs is 1. The molecular formula is C20H17N3O6. The second-order valence-electron chi connectivity index (χ2n) is 6.47. The summed E-state index contributed by atoms with van der Waals surface area (Å²) in [5.74, 6) is -0.0831. The average molecular weight is 395 g/mol. The molecule has 0 bridgehead atoms. The number of carbonyl (C=O) groups excluding carboxylic acids is 1. The minimum Gasteiger partial charge on any atom is -0.467 e. The van der Waals surface area contributed by atoms with Crippen LogP contribution in [0.15, 0.2) is 48.7 Å². The number of aryl methyl sites for hydroxylation is 1. The van der Waals surface area contributed by atoms with Gasteiger partial charge in [-0.05, 0) is 37.3 Å². The summed E-state index contributed by atoms with van der Waals surface area (Å²) < 4.78 is 17.7. The third-order valence-electron chi connectivity index (χ3n) is 4.52. The number of benzene rings is 2. The summed E-state index contributed by atoms with van der Waals surface area (Å²) in [5, 5.41) is 15.4. The average Bonchev–Trinajstić information content (AvgIpc) is 3.17. The smallest absolute Gasteiger partial charge is 0.338 e. The van der Waals surface area contributed by atoms with E-state index in [1.165, 1.54) is 12.1 Å². The summed E-state index contributed by atoms with van der Waals surface area (Å²) in [6.07, 6.45) is 1.70. The lowest BCUT2D eigenvalue weighted by Crippen LogP contribution is -2.15. The monoisotopic (exact) mass is 395 g/mol. The van der Waals surface area contributed by atoms with E-state index in [0.717, 1.165) is 11.4 Å². The van der Waals surface area contributed by atoms with E-state index in [1.807, 2.05) is 13.0 Å². The van der Waals surface area contributed by atoms with Crippen molar-refractivity contribution in [2.45, 2.75) is 20.1 Å². The van der Waals surface area contributed by atoms with Gasteiger partial charge in [-0.15, -0.1) is 0 Å². The van der Waals surface area contributed by atoms with Crippen LogP contribution < -0.4 is 4.74 Å². The molecule has 1 aliphatic rings. The van der Waals surface area contributed by atoms with Crippen LogP contribution in [0.2, 0.25) is 0 Å². The van der Waals surface area contributed by atoms with Crippen molar-refractivity contribution in [1.82, 2.24) is 9.78 Å². The normalized spacial score (nSPS) is 12.7. The maximum Gasteiger partial charge on any atom is 0.338 e. The molecule has 1 aliphatic heterocycles. The lowest BCUT2D eigenvalue weighted by Gasteiger charge is -2.20. The van der Waals surface area contributed by atoms with Gasteiger partial charge in [-0.25, -0.2) is 9.48 Å². The lowest BCUT2D eigenvalue weighted by molar-refractivity contribution is -0.385. The minimum atomic E-state index is -0.541. The SMILES string of the molecule is Cc1ccnn1-c1ccc(C(=O)OCc2cc([N+](=O)[O-])cc3c2OCOC3)cc1. The largest absolute Gasteiger partial charge is 0.467 e. The van der Waals surface area contributed by atoms with Crippen LogP contribution in [0.5, 0.6) is 5.75 Å². The van der Waals surface area contributed by atoms with Crippen molar-refractivity contribution in [3.8, 4) is 11.4 Å². The molecule has 3 aromatic rings. The Morgan fingerprint density at radius 3 is 2.76 bits per heavy atom. The van der Waals surface area contributed by atoms with Gasteiger partial charge >= 0.3 is 5.97 Å². The number of nitro groups is 1. The molecule has 0 fully saturated rings. The minimum absolute atomic E-state index is 0.0417. The summed E-state index contributed by atoms with van der Waals surface area (Å²) in [4.78, 5) is 23.1. The van der Waals surface area contributed by atoms with Gasteiger partial charge in [-0.3, -0.25) is 10.1 Å².